The molecule has 2 heterocycles. The van der Waals surface area contributed by atoms with Gasteiger partial charge in [-0.15, -0.1) is 0 Å². The fourth-order valence-corrected chi connectivity index (χ4v) is 2.95. The van der Waals surface area contributed by atoms with E-state index in [1.54, 1.807) is 0 Å². The summed E-state index contributed by atoms with van der Waals surface area (Å²) >= 11 is 0. The molecule has 20 heavy (non-hydrogen) atoms. The minimum Gasteiger partial charge on any atom is -0.332 e. The van der Waals surface area contributed by atoms with Gasteiger partial charge in [0.1, 0.15) is 5.69 Å². The second kappa shape index (κ2) is 4.38. The molecule has 0 atom stereocenters. The quantitative estimate of drug-likeness (QED) is 0.927. The topological polar surface area (TPSA) is 77.8 Å². The van der Waals surface area contributed by atoms with Gasteiger partial charge in [0.05, 0.1) is 5.54 Å². The Morgan fingerprint density at radius 2 is 2.00 bits per heavy atom. The summed E-state index contributed by atoms with van der Waals surface area (Å²) in [6.07, 6.45) is 8.61. The Bertz CT molecular complexity index is 609. The summed E-state index contributed by atoms with van der Waals surface area (Å²) in [5, 5.41) is 4.07. The molecule has 0 spiro atoms. The first-order chi connectivity index (χ1) is 9.74. The summed E-state index contributed by atoms with van der Waals surface area (Å²) in [6, 6.07) is 4.07. The van der Waals surface area contributed by atoms with E-state index in [0.717, 1.165) is 31.4 Å². The van der Waals surface area contributed by atoms with Crippen molar-refractivity contribution in [2.45, 2.75) is 50.0 Å². The van der Waals surface area contributed by atoms with Gasteiger partial charge in [0.2, 0.25) is 0 Å². The van der Waals surface area contributed by atoms with E-state index in [9.17, 15) is 0 Å². The van der Waals surface area contributed by atoms with E-state index in [-0.39, 0.29) is 0 Å². The highest BCUT2D eigenvalue weighted by Crippen LogP contribution is 2.40. The molecular formula is C15H18N4O. The van der Waals surface area contributed by atoms with Crippen LogP contribution in [0.3, 0.4) is 0 Å². The average molecular weight is 270 g/mol. The fraction of sp³-hybridized carbons (Fsp3) is 0.533. The monoisotopic (exact) mass is 270 g/mol. The second-order valence-electron chi connectivity index (χ2n) is 6.04. The molecular weight excluding hydrogens is 252 g/mol. The molecule has 0 bridgehead atoms. The third kappa shape index (κ3) is 2.02. The van der Waals surface area contributed by atoms with Crippen LogP contribution in [0.4, 0.5) is 0 Å². The van der Waals surface area contributed by atoms with Crippen molar-refractivity contribution in [2.75, 3.05) is 0 Å². The van der Waals surface area contributed by atoms with Crippen LogP contribution in [0.25, 0.3) is 11.6 Å². The summed E-state index contributed by atoms with van der Waals surface area (Å²) in [7, 11) is 0. The smallest absolute Gasteiger partial charge is 0.276 e. The predicted molar refractivity (Wildman–Crippen MR) is 73.8 cm³/mol. The summed E-state index contributed by atoms with van der Waals surface area (Å²) in [4.78, 5) is 8.89. The van der Waals surface area contributed by atoms with Crippen LogP contribution in [0.1, 0.15) is 55.8 Å². The summed E-state index contributed by atoms with van der Waals surface area (Å²) in [5.41, 5.74) is 7.97. The van der Waals surface area contributed by atoms with Gasteiger partial charge in [-0.05, 0) is 43.2 Å². The van der Waals surface area contributed by atoms with Crippen molar-refractivity contribution in [1.82, 2.24) is 15.1 Å². The Morgan fingerprint density at radius 3 is 2.65 bits per heavy atom. The van der Waals surface area contributed by atoms with Gasteiger partial charge in [0, 0.05) is 6.20 Å². The van der Waals surface area contributed by atoms with E-state index in [0.29, 0.717) is 17.6 Å². The van der Waals surface area contributed by atoms with Crippen molar-refractivity contribution in [3.8, 4) is 11.6 Å². The Hall–Kier alpha value is -1.75. The Kier molecular flexibility index (Phi) is 2.63. The third-order valence-electron chi connectivity index (χ3n) is 4.42. The molecule has 5 heteroatoms. The number of nitrogens with two attached hydrogens (primary N) is 1. The average Bonchev–Trinajstić information content (AvgIpc) is 3.02. The fourth-order valence-electron chi connectivity index (χ4n) is 2.95. The zero-order chi connectivity index (χ0) is 13.6. The molecule has 0 unspecified atom stereocenters. The summed E-state index contributed by atoms with van der Waals surface area (Å²) < 4.78 is 5.34. The molecule has 2 N–H and O–H groups in total. The molecule has 2 fully saturated rings. The zero-order valence-electron chi connectivity index (χ0n) is 11.4. The van der Waals surface area contributed by atoms with Crippen LogP contribution in [-0.2, 0) is 5.54 Å². The van der Waals surface area contributed by atoms with E-state index in [1.165, 1.54) is 18.4 Å². The van der Waals surface area contributed by atoms with Crippen molar-refractivity contribution >= 4 is 0 Å². The van der Waals surface area contributed by atoms with Crippen LogP contribution >= 0.6 is 0 Å². The van der Waals surface area contributed by atoms with Crippen LogP contribution in [0, 0.1) is 0 Å². The highest BCUT2D eigenvalue weighted by molar-refractivity contribution is 5.47. The molecule has 2 aromatic heterocycles. The Labute approximate surface area is 117 Å². The Balaban J connectivity index is 1.60. The van der Waals surface area contributed by atoms with E-state index in [4.69, 9.17) is 10.3 Å². The Morgan fingerprint density at radius 1 is 1.20 bits per heavy atom. The number of nitrogens with zero attached hydrogens (tertiary/aromatic N) is 3. The maximum absolute atomic E-state index is 6.34. The predicted octanol–water partition coefficient (Wildman–Crippen LogP) is 2.74. The highest BCUT2D eigenvalue weighted by Gasteiger charge is 2.36. The largest absolute Gasteiger partial charge is 0.332 e. The van der Waals surface area contributed by atoms with Crippen molar-refractivity contribution in [2.24, 2.45) is 5.73 Å². The summed E-state index contributed by atoms with van der Waals surface area (Å²) in [6.45, 7) is 0. The van der Waals surface area contributed by atoms with E-state index in [1.807, 2.05) is 12.3 Å². The van der Waals surface area contributed by atoms with Crippen LogP contribution < -0.4 is 5.73 Å². The summed E-state index contributed by atoms with van der Waals surface area (Å²) in [5.74, 6) is 1.80. The van der Waals surface area contributed by atoms with Crippen LogP contribution in [-0.4, -0.2) is 15.1 Å². The SMILES string of the molecule is NC1(c2noc(-c3ccc(C4CC4)cn3)n2)CCCC1. The minimum absolute atomic E-state index is 0.407. The standard InChI is InChI=1S/C15H18N4O/c16-15(7-1-2-8-15)14-18-13(20-19-14)12-6-5-11(9-17-12)10-3-4-10/h5-6,9-10H,1-4,7-8,16H2. The van der Waals surface area contributed by atoms with Gasteiger partial charge in [-0.25, -0.2) is 0 Å². The normalized spacial score (nSPS) is 21.2. The van der Waals surface area contributed by atoms with Gasteiger partial charge in [-0.3, -0.25) is 4.98 Å². The number of aromatic nitrogens is 3. The molecule has 2 saturated carbocycles. The molecule has 4 rings (SSSR count). The lowest BCUT2D eigenvalue weighted by molar-refractivity contribution is 0.372. The maximum Gasteiger partial charge on any atom is 0.276 e. The van der Waals surface area contributed by atoms with Crippen molar-refractivity contribution < 1.29 is 4.52 Å². The molecule has 2 aliphatic carbocycles. The van der Waals surface area contributed by atoms with E-state index >= 15 is 0 Å². The van der Waals surface area contributed by atoms with Gasteiger partial charge in [-0.2, -0.15) is 4.98 Å². The minimum atomic E-state index is -0.407. The van der Waals surface area contributed by atoms with Gasteiger partial charge in [0.15, 0.2) is 5.82 Å². The first-order valence-corrected chi connectivity index (χ1v) is 7.34. The lowest BCUT2D eigenvalue weighted by atomic mass is 9.99. The number of hydrogen-bond acceptors (Lipinski definition) is 5. The van der Waals surface area contributed by atoms with Gasteiger partial charge < -0.3 is 10.3 Å². The molecule has 0 saturated heterocycles. The van der Waals surface area contributed by atoms with E-state index in [2.05, 4.69) is 21.2 Å². The second-order valence-corrected chi connectivity index (χ2v) is 6.04. The lowest BCUT2D eigenvalue weighted by Crippen LogP contribution is -2.34. The van der Waals surface area contributed by atoms with Crippen LogP contribution in [0.15, 0.2) is 22.9 Å². The number of pyridine rings is 1. The van der Waals surface area contributed by atoms with Gasteiger partial charge in [-0.1, -0.05) is 24.1 Å². The first kappa shape index (κ1) is 12.0. The molecule has 5 nitrogen and oxygen atoms in total. The maximum atomic E-state index is 6.34. The number of hydrogen-bond donors (Lipinski definition) is 1. The molecule has 2 aliphatic rings. The molecule has 0 aliphatic heterocycles. The molecule has 0 amide bonds. The first-order valence-electron chi connectivity index (χ1n) is 7.34. The lowest BCUT2D eigenvalue weighted by Gasteiger charge is -2.17. The molecule has 2 aromatic rings. The van der Waals surface area contributed by atoms with Gasteiger partial charge in [0.25, 0.3) is 5.89 Å². The highest BCUT2D eigenvalue weighted by atomic mass is 16.5. The zero-order valence-corrected chi connectivity index (χ0v) is 11.4. The third-order valence-corrected chi connectivity index (χ3v) is 4.42. The number of rotatable bonds is 3. The van der Waals surface area contributed by atoms with Crippen LogP contribution in [0.5, 0.6) is 0 Å². The molecule has 0 aromatic carbocycles. The van der Waals surface area contributed by atoms with E-state index < -0.39 is 5.54 Å². The molecule has 104 valence electrons. The van der Waals surface area contributed by atoms with Crippen molar-refractivity contribution in [1.29, 1.82) is 0 Å². The van der Waals surface area contributed by atoms with Crippen LogP contribution in [0.2, 0.25) is 0 Å². The van der Waals surface area contributed by atoms with Crippen molar-refractivity contribution in [3.05, 3.63) is 29.7 Å². The molecule has 0 radical (unpaired) electrons. The van der Waals surface area contributed by atoms with Gasteiger partial charge >= 0.3 is 0 Å². The van der Waals surface area contributed by atoms with Crippen molar-refractivity contribution in [3.63, 3.8) is 0 Å².